The fraction of sp³-hybridized carbons (Fsp3) is 0.556. The van der Waals surface area contributed by atoms with Gasteiger partial charge in [-0.25, -0.2) is 0 Å². The van der Waals surface area contributed by atoms with Gasteiger partial charge >= 0.3 is 0 Å². The second-order valence-electron chi connectivity index (χ2n) is 2.95. The van der Waals surface area contributed by atoms with Crippen molar-refractivity contribution in [3.8, 4) is 0 Å². The molecule has 2 heteroatoms. The van der Waals surface area contributed by atoms with Crippen molar-refractivity contribution in [2.24, 2.45) is 5.92 Å². The van der Waals surface area contributed by atoms with E-state index in [0.29, 0.717) is 12.5 Å². The summed E-state index contributed by atoms with van der Waals surface area (Å²) < 4.78 is 5.00. The van der Waals surface area contributed by atoms with E-state index in [1.165, 1.54) is 5.57 Å². The number of hydrogen-bond acceptors (Lipinski definition) is 2. The maximum atomic E-state index is 5.00. The Morgan fingerprint density at radius 1 is 1.64 bits per heavy atom. The molecule has 1 heterocycles. The van der Waals surface area contributed by atoms with Crippen molar-refractivity contribution >= 4 is 0 Å². The van der Waals surface area contributed by atoms with E-state index in [9.17, 15) is 0 Å². The van der Waals surface area contributed by atoms with Gasteiger partial charge in [0.05, 0.1) is 6.61 Å². The third-order valence-electron chi connectivity index (χ3n) is 1.95. The lowest BCUT2D eigenvalue weighted by atomic mass is 10.0. The third kappa shape index (κ3) is 2.09. The van der Waals surface area contributed by atoms with Gasteiger partial charge in [-0.15, -0.1) is 0 Å². The summed E-state index contributed by atoms with van der Waals surface area (Å²) in [7, 11) is 1.71. The van der Waals surface area contributed by atoms with Crippen LogP contribution >= 0.6 is 0 Å². The highest BCUT2D eigenvalue weighted by atomic mass is 16.5. The van der Waals surface area contributed by atoms with Crippen molar-refractivity contribution in [1.82, 2.24) is 5.32 Å². The SMILES string of the molecule is COCC1=CC(C)C(C)=CN1. The third-order valence-corrected chi connectivity index (χ3v) is 1.95. The topological polar surface area (TPSA) is 21.3 Å². The lowest BCUT2D eigenvalue weighted by molar-refractivity contribution is 0.221. The maximum absolute atomic E-state index is 5.00. The lowest BCUT2D eigenvalue weighted by Gasteiger charge is -2.17. The minimum Gasteiger partial charge on any atom is -0.378 e. The smallest absolute Gasteiger partial charge is 0.0858 e. The standard InChI is InChI=1S/C9H15NO/c1-7-4-9(6-11-3)10-5-8(7)2/h4-5,7,10H,6H2,1-3H3. The van der Waals surface area contributed by atoms with Crippen LogP contribution in [0.15, 0.2) is 23.5 Å². The Morgan fingerprint density at radius 3 is 2.91 bits per heavy atom. The second-order valence-corrected chi connectivity index (χ2v) is 2.95. The summed E-state index contributed by atoms with van der Waals surface area (Å²) in [6.07, 6.45) is 4.23. The van der Waals surface area contributed by atoms with Gasteiger partial charge in [0.1, 0.15) is 0 Å². The summed E-state index contributed by atoms with van der Waals surface area (Å²) in [5, 5.41) is 3.17. The molecule has 1 unspecified atom stereocenters. The van der Waals surface area contributed by atoms with E-state index in [1.807, 2.05) is 6.20 Å². The van der Waals surface area contributed by atoms with E-state index in [-0.39, 0.29) is 0 Å². The zero-order chi connectivity index (χ0) is 8.27. The fourth-order valence-corrected chi connectivity index (χ4v) is 1.06. The molecule has 62 valence electrons. The van der Waals surface area contributed by atoms with Gasteiger partial charge < -0.3 is 10.1 Å². The molecule has 0 saturated carbocycles. The first-order valence-corrected chi connectivity index (χ1v) is 3.87. The number of methoxy groups -OCH3 is 1. The van der Waals surface area contributed by atoms with Crippen LogP contribution in [0.4, 0.5) is 0 Å². The first-order chi connectivity index (χ1) is 5.24. The molecule has 1 aliphatic rings. The second kappa shape index (κ2) is 3.58. The Labute approximate surface area is 67.9 Å². The van der Waals surface area contributed by atoms with Gasteiger partial charge in [-0.05, 0) is 12.8 Å². The number of dihydropyridines is 1. The van der Waals surface area contributed by atoms with Gasteiger partial charge in [0, 0.05) is 19.0 Å². The van der Waals surface area contributed by atoms with Gasteiger partial charge in [0.2, 0.25) is 0 Å². The van der Waals surface area contributed by atoms with Crippen LogP contribution in [0.5, 0.6) is 0 Å². The molecule has 1 aliphatic heterocycles. The fourth-order valence-electron chi connectivity index (χ4n) is 1.06. The molecule has 0 radical (unpaired) electrons. The van der Waals surface area contributed by atoms with Gasteiger partial charge in [-0.3, -0.25) is 0 Å². The lowest BCUT2D eigenvalue weighted by Crippen LogP contribution is -2.17. The van der Waals surface area contributed by atoms with Crippen LogP contribution in [-0.4, -0.2) is 13.7 Å². The number of hydrogen-bond donors (Lipinski definition) is 1. The van der Waals surface area contributed by atoms with Crippen molar-refractivity contribution in [3.05, 3.63) is 23.5 Å². The molecule has 0 amide bonds. The van der Waals surface area contributed by atoms with E-state index >= 15 is 0 Å². The predicted molar refractivity (Wildman–Crippen MR) is 46.0 cm³/mol. The molecule has 1 atom stereocenters. The van der Waals surface area contributed by atoms with E-state index in [4.69, 9.17) is 4.74 Å². The molecule has 0 aromatic heterocycles. The van der Waals surface area contributed by atoms with Gasteiger partial charge in [0.15, 0.2) is 0 Å². The first-order valence-electron chi connectivity index (χ1n) is 3.87. The van der Waals surface area contributed by atoms with E-state index in [0.717, 1.165) is 5.70 Å². The van der Waals surface area contributed by atoms with Crippen LogP contribution < -0.4 is 5.32 Å². The predicted octanol–water partition coefficient (Wildman–Crippen LogP) is 1.66. The molecule has 0 fully saturated rings. The Kier molecular flexibility index (Phi) is 2.71. The van der Waals surface area contributed by atoms with Crippen LogP contribution in [0.25, 0.3) is 0 Å². The highest BCUT2D eigenvalue weighted by Crippen LogP contribution is 2.16. The molecular formula is C9H15NO. The Hall–Kier alpha value is -0.760. The minimum atomic E-state index is 0.543. The van der Waals surface area contributed by atoms with Gasteiger partial charge in [-0.2, -0.15) is 0 Å². The van der Waals surface area contributed by atoms with E-state index in [2.05, 4.69) is 25.2 Å². The monoisotopic (exact) mass is 153 g/mol. The molecule has 0 bridgehead atoms. The number of nitrogens with one attached hydrogen (secondary N) is 1. The zero-order valence-corrected chi connectivity index (χ0v) is 7.35. The van der Waals surface area contributed by atoms with Crippen LogP contribution in [-0.2, 0) is 4.74 Å². The van der Waals surface area contributed by atoms with E-state index in [1.54, 1.807) is 7.11 Å². The molecule has 11 heavy (non-hydrogen) atoms. The summed E-state index contributed by atoms with van der Waals surface area (Å²) in [4.78, 5) is 0. The Morgan fingerprint density at radius 2 is 2.36 bits per heavy atom. The van der Waals surface area contributed by atoms with Crippen LogP contribution in [0, 0.1) is 5.92 Å². The average molecular weight is 153 g/mol. The first kappa shape index (κ1) is 8.34. The minimum absolute atomic E-state index is 0.543. The highest BCUT2D eigenvalue weighted by molar-refractivity contribution is 5.20. The molecule has 0 aromatic carbocycles. The number of ether oxygens (including phenoxy) is 1. The van der Waals surface area contributed by atoms with Crippen molar-refractivity contribution in [2.45, 2.75) is 13.8 Å². The van der Waals surface area contributed by atoms with Crippen molar-refractivity contribution in [3.63, 3.8) is 0 Å². The Balaban J connectivity index is 2.54. The molecular weight excluding hydrogens is 138 g/mol. The molecule has 1 rings (SSSR count). The summed E-state index contributed by atoms with van der Waals surface area (Å²) in [5.41, 5.74) is 2.52. The van der Waals surface area contributed by atoms with Crippen LogP contribution in [0.2, 0.25) is 0 Å². The van der Waals surface area contributed by atoms with Crippen molar-refractivity contribution in [2.75, 3.05) is 13.7 Å². The maximum Gasteiger partial charge on any atom is 0.0858 e. The summed E-state index contributed by atoms with van der Waals surface area (Å²) >= 11 is 0. The van der Waals surface area contributed by atoms with E-state index < -0.39 is 0 Å². The molecule has 0 aliphatic carbocycles. The molecule has 2 nitrogen and oxygen atoms in total. The molecule has 0 spiro atoms. The van der Waals surface area contributed by atoms with Gasteiger partial charge in [0.25, 0.3) is 0 Å². The average Bonchev–Trinajstić information content (AvgIpc) is 1.98. The summed E-state index contributed by atoms with van der Waals surface area (Å²) in [6.45, 7) is 4.98. The van der Waals surface area contributed by atoms with Crippen molar-refractivity contribution in [1.29, 1.82) is 0 Å². The summed E-state index contributed by atoms with van der Waals surface area (Å²) in [6, 6.07) is 0. The quantitative estimate of drug-likeness (QED) is 0.651. The van der Waals surface area contributed by atoms with Crippen LogP contribution in [0.3, 0.4) is 0 Å². The normalized spacial score (nSPS) is 23.7. The Bertz CT molecular complexity index is 194. The summed E-state index contributed by atoms with van der Waals surface area (Å²) in [5.74, 6) is 0.543. The largest absolute Gasteiger partial charge is 0.378 e. The number of rotatable bonds is 2. The molecule has 0 aromatic rings. The van der Waals surface area contributed by atoms with Gasteiger partial charge in [-0.1, -0.05) is 18.6 Å². The van der Waals surface area contributed by atoms with Crippen molar-refractivity contribution < 1.29 is 4.74 Å². The van der Waals surface area contributed by atoms with Crippen LogP contribution in [0.1, 0.15) is 13.8 Å². The number of allylic oxidation sites excluding steroid dienone is 2. The molecule has 0 saturated heterocycles. The molecule has 1 N–H and O–H groups in total. The highest BCUT2D eigenvalue weighted by Gasteiger charge is 2.07. The zero-order valence-electron chi connectivity index (χ0n) is 7.35.